The molecular formula is C14H20N6O3. The summed E-state index contributed by atoms with van der Waals surface area (Å²) in [4.78, 5) is 6.65. The molecule has 0 radical (unpaired) electrons. The molecule has 2 saturated heterocycles. The van der Waals surface area contributed by atoms with E-state index in [0.29, 0.717) is 30.5 Å². The van der Waals surface area contributed by atoms with Crippen LogP contribution in [-0.2, 0) is 22.6 Å². The molecule has 2 aromatic rings. The molecule has 124 valence electrons. The van der Waals surface area contributed by atoms with Crippen LogP contribution in [0.3, 0.4) is 0 Å². The summed E-state index contributed by atoms with van der Waals surface area (Å²) in [6.07, 6.45) is 4.23. The quantitative estimate of drug-likeness (QED) is 0.779. The Bertz CT molecular complexity index is 630. The Morgan fingerprint density at radius 3 is 2.96 bits per heavy atom. The van der Waals surface area contributed by atoms with E-state index in [-0.39, 0.29) is 6.10 Å². The molecule has 1 atom stereocenters. The first kappa shape index (κ1) is 14.7. The average Bonchev–Trinajstić information content (AvgIpc) is 3.30. The lowest BCUT2D eigenvalue weighted by molar-refractivity contribution is 0.0327. The summed E-state index contributed by atoms with van der Waals surface area (Å²) >= 11 is 0. The fourth-order valence-electron chi connectivity index (χ4n) is 2.86. The van der Waals surface area contributed by atoms with E-state index in [0.717, 1.165) is 45.8 Å². The van der Waals surface area contributed by atoms with Crippen LogP contribution in [-0.4, -0.2) is 69.0 Å². The van der Waals surface area contributed by atoms with E-state index < -0.39 is 0 Å². The number of morpholine rings is 1. The van der Waals surface area contributed by atoms with Gasteiger partial charge in [-0.15, -0.1) is 5.10 Å². The predicted molar refractivity (Wildman–Crippen MR) is 78.4 cm³/mol. The van der Waals surface area contributed by atoms with Gasteiger partial charge in [0.15, 0.2) is 11.5 Å². The summed E-state index contributed by atoms with van der Waals surface area (Å²) in [5.74, 6) is 1.07. The van der Waals surface area contributed by atoms with E-state index in [2.05, 4.69) is 25.4 Å². The van der Waals surface area contributed by atoms with Crippen molar-refractivity contribution < 1.29 is 14.0 Å². The van der Waals surface area contributed by atoms with Gasteiger partial charge in [-0.3, -0.25) is 4.90 Å². The van der Waals surface area contributed by atoms with Crippen LogP contribution in [0.5, 0.6) is 0 Å². The van der Waals surface area contributed by atoms with Gasteiger partial charge in [-0.05, 0) is 12.8 Å². The number of ether oxygens (including phenoxy) is 2. The van der Waals surface area contributed by atoms with Crippen molar-refractivity contribution >= 4 is 0 Å². The monoisotopic (exact) mass is 320 g/mol. The molecule has 9 heteroatoms. The molecule has 0 spiro atoms. The Morgan fingerprint density at radius 1 is 1.22 bits per heavy atom. The van der Waals surface area contributed by atoms with Gasteiger partial charge >= 0.3 is 0 Å². The topological polar surface area (TPSA) is 91.3 Å². The van der Waals surface area contributed by atoms with Gasteiger partial charge in [0.1, 0.15) is 0 Å². The zero-order chi connectivity index (χ0) is 15.5. The highest BCUT2D eigenvalue weighted by molar-refractivity contribution is 5.43. The standard InChI is InChI=1S/C14H20N6O3/c1-2-11(22-5-1)8-20-9-12(16-18-20)14-15-13(17-23-14)10-19-3-6-21-7-4-19/h9,11H,1-8,10H2/t11-/m0/s1. The SMILES string of the molecule is c1c(-c2nc(CN3CCOCC3)no2)nnn1C[C@@H]1CCCO1. The summed E-state index contributed by atoms with van der Waals surface area (Å²) in [5.41, 5.74) is 0.601. The molecule has 0 aliphatic carbocycles. The van der Waals surface area contributed by atoms with Crippen LogP contribution in [0.15, 0.2) is 10.7 Å². The van der Waals surface area contributed by atoms with Crippen LogP contribution in [0.2, 0.25) is 0 Å². The van der Waals surface area contributed by atoms with Crippen molar-refractivity contribution in [2.45, 2.75) is 32.0 Å². The third-order valence-corrected chi connectivity index (χ3v) is 4.11. The Morgan fingerprint density at radius 2 is 2.13 bits per heavy atom. The van der Waals surface area contributed by atoms with Crippen molar-refractivity contribution in [3.8, 4) is 11.6 Å². The van der Waals surface area contributed by atoms with E-state index in [1.807, 2.05) is 6.20 Å². The lowest BCUT2D eigenvalue weighted by Gasteiger charge is -2.24. The van der Waals surface area contributed by atoms with E-state index >= 15 is 0 Å². The van der Waals surface area contributed by atoms with Crippen LogP contribution in [0.1, 0.15) is 18.7 Å². The van der Waals surface area contributed by atoms with E-state index in [9.17, 15) is 0 Å². The first-order valence-electron chi connectivity index (χ1n) is 8.01. The lowest BCUT2D eigenvalue weighted by Crippen LogP contribution is -2.35. The van der Waals surface area contributed by atoms with E-state index in [4.69, 9.17) is 14.0 Å². The molecule has 0 N–H and O–H groups in total. The minimum atomic E-state index is 0.226. The Hall–Kier alpha value is -1.84. The highest BCUT2D eigenvalue weighted by atomic mass is 16.5. The Kier molecular flexibility index (Phi) is 4.31. The molecule has 4 rings (SSSR count). The Balaban J connectivity index is 1.39. The largest absolute Gasteiger partial charge is 0.379 e. The lowest BCUT2D eigenvalue weighted by atomic mass is 10.2. The molecule has 2 aliphatic rings. The number of hydrogen-bond donors (Lipinski definition) is 0. The van der Waals surface area contributed by atoms with Gasteiger partial charge in [0.25, 0.3) is 5.89 Å². The number of hydrogen-bond acceptors (Lipinski definition) is 8. The third-order valence-electron chi connectivity index (χ3n) is 4.11. The number of aromatic nitrogens is 5. The number of rotatable bonds is 5. The molecule has 0 amide bonds. The fourth-order valence-corrected chi connectivity index (χ4v) is 2.86. The van der Waals surface area contributed by atoms with Crippen molar-refractivity contribution in [1.82, 2.24) is 30.0 Å². The van der Waals surface area contributed by atoms with Crippen molar-refractivity contribution in [2.75, 3.05) is 32.9 Å². The molecule has 9 nitrogen and oxygen atoms in total. The summed E-state index contributed by atoms with van der Waals surface area (Å²) in [6, 6.07) is 0. The van der Waals surface area contributed by atoms with Crippen molar-refractivity contribution in [2.24, 2.45) is 0 Å². The van der Waals surface area contributed by atoms with Gasteiger partial charge in [0.2, 0.25) is 0 Å². The van der Waals surface area contributed by atoms with Gasteiger partial charge in [0, 0.05) is 19.7 Å². The fraction of sp³-hybridized carbons (Fsp3) is 0.714. The second-order valence-electron chi connectivity index (χ2n) is 5.87. The van der Waals surface area contributed by atoms with Crippen LogP contribution in [0.4, 0.5) is 0 Å². The third kappa shape index (κ3) is 3.57. The van der Waals surface area contributed by atoms with Crippen LogP contribution in [0, 0.1) is 0 Å². The van der Waals surface area contributed by atoms with Crippen LogP contribution >= 0.6 is 0 Å². The van der Waals surface area contributed by atoms with E-state index in [1.54, 1.807) is 4.68 Å². The van der Waals surface area contributed by atoms with Gasteiger partial charge in [-0.2, -0.15) is 4.98 Å². The molecule has 2 fully saturated rings. The maximum Gasteiger partial charge on any atom is 0.280 e. The molecule has 2 aliphatic heterocycles. The van der Waals surface area contributed by atoms with Gasteiger partial charge in [0.05, 0.1) is 38.6 Å². The summed E-state index contributed by atoms with van der Waals surface area (Å²) in [6.45, 7) is 5.49. The normalized spacial score (nSPS) is 22.7. The first-order valence-corrected chi connectivity index (χ1v) is 8.01. The minimum Gasteiger partial charge on any atom is -0.379 e. The molecule has 0 bridgehead atoms. The maximum absolute atomic E-state index is 5.60. The van der Waals surface area contributed by atoms with Gasteiger partial charge < -0.3 is 14.0 Å². The second kappa shape index (κ2) is 6.73. The van der Waals surface area contributed by atoms with Gasteiger partial charge in [-0.25, -0.2) is 4.68 Å². The maximum atomic E-state index is 5.60. The molecule has 4 heterocycles. The molecule has 0 unspecified atom stereocenters. The highest BCUT2D eigenvalue weighted by Gasteiger charge is 2.19. The molecule has 0 saturated carbocycles. The predicted octanol–water partition coefficient (Wildman–Crippen LogP) is 0.339. The van der Waals surface area contributed by atoms with Crippen molar-refractivity contribution in [1.29, 1.82) is 0 Å². The zero-order valence-electron chi connectivity index (χ0n) is 12.9. The second-order valence-corrected chi connectivity index (χ2v) is 5.87. The molecule has 0 aromatic carbocycles. The summed E-state index contributed by atoms with van der Waals surface area (Å²) in [5, 5.41) is 12.3. The van der Waals surface area contributed by atoms with E-state index in [1.165, 1.54) is 0 Å². The molecular weight excluding hydrogens is 300 g/mol. The average molecular weight is 320 g/mol. The first-order chi connectivity index (χ1) is 11.4. The zero-order valence-corrected chi connectivity index (χ0v) is 12.9. The van der Waals surface area contributed by atoms with Gasteiger partial charge in [-0.1, -0.05) is 10.4 Å². The van der Waals surface area contributed by atoms with Crippen LogP contribution < -0.4 is 0 Å². The highest BCUT2D eigenvalue weighted by Crippen LogP contribution is 2.17. The smallest absolute Gasteiger partial charge is 0.280 e. The van der Waals surface area contributed by atoms with Crippen molar-refractivity contribution in [3.63, 3.8) is 0 Å². The number of nitrogens with zero attached hydrogens (tertiary/aromatic N) is 6. The van der Waals surface area contributed by atoms with Crippen molar-refractivity contribution in [3.05, 3.63) is 12.0 Å². The molecule has 23 heavy (non-hydrogen) atoms. The summed E-state index contributed by atoms with van der Waals surface area (Å²) in [7, 11) is 0. The Labute approximate surface area is 133 Å². The van der Waals surface area contributed by atoms with Crippen LogP contribution in [0.25, 0.3) is 11.6 Å². The minimum absolute atomic E-state index is 0.226. The summed E-state index contributed by atoms with van der Waals surface area (Å²) < 4.78 is 18.0. The molecule has 2 aromatic heterocycles.